The lowest BCUT2D eigenvalue weighted by atomic mass is 10.2. The fraction of sp³-hybridized carbons (Fsp3) is 0.0769. The van der Waals surface area contributed by atoms with E-state index in [1.165, 1.54) is 0 Å². The summed E-state index contributed by atoms with van der Waals surface area (Å²) in [5.74, 6) is 0.486. The lowest BCUT2D eigenvalue weighted by Crippen LogP contribution is -2.11. The van der Waals surface area contributed by atoms with E-state index >= 15 is 0 Å². The second-order valence-electron chi connectivity index (χ2n) is 3.53. The Morgan fingerprint density at radius 3 is 2.71 bits per heavy atom. The van der Waals surface area contributed by atoms with Gasteiger partial charge in [-0.2, -0.15) is 5.26 Å². The van der Waals surface area contributed by atoms with Crippen molar-refractivity contribution >= 4 is 11.8 Å². The molecule has 1 aromatic carbocycles. The highest BCUT2D eigenvalue weighted by Gasteiger charge is 2.12. The molecule has 1 heterocycles. The molecule has 0 aliphatic carbocycles. The average Bonchev–Trinajstić information content (AvgIpc) is 2.70. The van der Waals surface area contributed by atoms with Gasteiger partial charge in [0, 0.05) is 5.56 Å². The summed E-state index contributed by atoms with van der Waals surface area (Å²) in [6.07, 6.45) is 0. The number of nitrogens with zero attached hydrogens (tertiary/aromatic N) is 1. The molecule has 0 saturated carbocycles. The summed E-state index contributed by atoms with van der Waals surface area (Å²) in [5, 5.41) is 11.4. The monoisotopic (exact) mass is 226 g/mol. The van der Waals surface area contributed by atoms with E-state index in [1.807, 2.05) is 12.1 Å². The Balaban J connectivity index is 2.22. The Hall–Kier alpha value is -2.54. The van der Waals surface area contributed by atoms with Crippen molar-refractivity contribution in [3.05, 3.63) is 53.3 Å². The Labute approximate surface area is 98.5 Å². The third kappa shape index (κ3) is 2.34. The van der Waals surface area contributed by atoms with Crippen molar-refractivity contribution in [3.8, 4) is 6.07 Å². The van der Waals surface area contributed by atoms with Gasteiger partial charge in [0.2, 0.25) is 5.88 Å². The van der Waals surface area contributed by atoms with Gasteiger partial charge >= 0.3 is 0 Å². The predicted octanol–water partition coefficient (Wildman–Crippen LogP) is 2.71. The SMILES string of the molecule is Cc1cc(C#N)c(NC(=O)c2ccccc2)o1. The van der Waals surface area contributed by atoms with Crippen molar-refractivity contribution in [3.63, 3.8) is 0 Å². The molecule has 0 fully saturated rings. The number of benzene rings is 1. The van der Waals surface area contributed by atoms with E-state index in [1.54, 1.807) is 37.3 Å². The molecule has 84 valence electrons. The van der Waals surface area contributed by atoms with Crippen molar-refractivity contribution in [2.45, 2.75) is 6.92 Å². The number of aryl methyl sites for hydroxylation is 1. The number of amides is 1. The molecule has 1 amide bonds. The average molecular weight is 226 g/mol. The van der Waals surface area contributed by atoms with E-state index < -0.39 is 0 Å². The standard InChI is InChI=1S/C13H10N2O2/c1-9-7-11(8-14)13(17-9)15-12(16)10-5-3-2-4-6-10/h2-7H,1H3,(H,15,16). The van der Waals surface area contributed by atoms with Crippen molar-refractivity contribution in [2.24, 2.45) is 0 Å². The molecular weight excluding hydrogens is 216 g/mol. The molecule has 4 nitrogen and oxygen atoms in total. The van der Waals surface area contributed by atoms with Crippen LogP contribution in [0.5, 0.6) is 0 Å². The molecule has 2 rings (SSSR count). The van der Waals surface area contributed by atoms with Gasteiger partial charge in [-0.3, -0.25) is 10.1 Å². The molecular formula is C13H10N2O2. The highest BCUT2D eigenvalue weighted by atomic mass is 16.4. The molecule has 1 N–H and O–H groups in total. The summed E-state index contributed by atoms with van der Waals surface area (Å²) >= 11 is 0. The predicted molar refractivity (Wildman–Crippen MR) is 62.6 cm³/mol. The zero-order chi connectivity index (χ0) is 12.3. The van der Waals surface area contributed by atoms with Crippen LogP contribution in [0.3, 0.4) is 0 Å². The second kappa shape index (κ2) is 4.54. The number of furan rings is 1. The maximum Gasteiger partial charge on any atom is 0.258 e. The van der Waals surface area contributed by atoms with Crippen molar-refractivity contribution in [1.29, 1.82) is 5.26 Å². The van der Waals surface area contributed by atoms with E-state index in [0.717, 1.165) is 0 Å². The van der Waals surface area contributed by atoms with Gasteiger partial charge < -0.3 is 4.42 Å². The number of carbonyl (C=O) groups is 1. The zero-order valence-electron chi connectivity index (χ0n) is 9.23. The fourth-order valence-corrected chi connectivity index (χ4v) is 1.45. The van der Waals surface area contributed by atoms with Gasteiger partial charge in [-0.1, -0.05) is 18.2 Å². The summed E-state index contributed by atoms with van der Waals surface area (Å²) in [4.78, 5) is 11.8. The molecule has 0 spiro atoms. The van der Waals surface area contributed by atoms with Crippen LogP contribution in [0.4, 0.5) is 5.88 Å². The molecule has 4 heteroatoms. The Kier molecular flexibility index (Phi) is 2.93. The highest BCUT2D eigenvalue weighted by Crippen LogP contribution is 2.20. The first-order chi connectivity index (χ1) is 8.20. The Morgan fingerprint density at radius 2 is 2.06 bits per heavy atom. The number of anilines is 1. The van der Waals surface area contributed by atoms with Crippen LogP contribution < -0.4 is 5.32 Å². The lowest BCUT2D eigenvalue weighted by Gasteiger charge is -2.01. The molecule has 0 aliphatic heterocycles. The number of hydrogen-bond donors (Lipinski definition) is 1. The van der Waals surface area contributed by atoms with Gasteiger partial charge in [0.15, 0.2) is 0 Å². The van der Waals surface area contributed by atoms with Crippen molar-refractivity contribution < 1.29 is 9.21 Å². The van der Waals surface area contributed by atoms with Gasteiger partial charge in [-0.05, 0) is 25.1 Å². The van der Waals surface area contributed by atoms with Crippen LogP contribution in [0.15, 0.2) is 40.8 Å². The minimum Gasteiger partial charge on any atom is -0.444 e. The first-order valence-electron chi connectivity index (χ1n) is 5.07. The summed E-state index contributed by atoms with van der Waals surface area (Å²) < 4.78 is 5.24. The molecule has 2 aromatic rings. The molecule has 17 heavy (non-hydrogen) atoms. The molecule has 1 aromatic heterocycles. The third-order valence-electron chi connectivity index (χ3n) is 2.24. The van der Waals surface area contributed by atoms with E-state index in [4.69, 9.17) is 9.68 Å². The first kappa shape index (κ1) is 11.0. The van der Waals surface area contributed by atoms with Crippen molar-refractivity contribution in [2.75, 3.05) is 5.32 Å². The number of rotatable bonds is 2. The van der Waals surface area contributed by atoms with Gasteiger partial charge in [0.05, 0.1) is 0 Å². The smallest absolute Gasteiger partial charge is 0.258 e. The van der Waals surface area contributed by atoms with Crippen LogP contribution in [-0.2, 0) is 0 Å². The molecule has 0 radical (unpaired) electrons. The van der Waals surface area contributed by atoms with E-state index in [0.29, 0.717) is 16.9 Å². The number of nitriles is 1. The van der Waals surface area contributed by atoms with Crippen molar-refractivity contribution in [1.82, 2.24) is 0 Å². The maximum absolute atomic E-state index is 11.8. The van der Waals surface area contributed by atoms with E-state index in [-0.39, 0.29) is 11.8 Å². The minimum atomic E-state index is -0.295. The number of nitrogens with one attached hydrogen (secondary N) is 1. The number of carbonyl (C=O) groups excluding carboxylic acids is 1. The van der Waals surface area contributed by atoms with Gasteiger partial charge in [0.25, 0.3) is 5.91 Å². The van der Waals surface area contributed by atoms with Crippen LogP contribution >= 0.6 is 0 Å². The topological polar surface area (TPSA) is 66.0 Å². The van der Waals surface area contributed by atoms with Gasteiger partial charge in [-0.25, -0.2) is 0 Å². The lowest BCUT2D eigenvalue weighted by molar-refractivity contribution is 0.102. The molecule has 0 aliphatic rings. The zero-order valence-corrected chi connectivity index (χ0v) is 9.23. The van der Waals surface area contributed by atoms with Gasteiger partial charge in [-0.15, -0.1) is 0 Å². The summed E-state index contributed by atoms with van der Waals surface area (Å²) in [7, 11) is 0. The highest BCUT2D eigenvalue weighted by molar-refractivity contribution is 6.04. The summed E-state index contributed by atoms with van der Waals surface area (Å²) in [6, 6.07) is 12.3. The van der Waals surface area contributed by atoms with Crippen LogP contribution in [-0.4, -0.2) is 5.91 Å². The van der Waals surface area contributed by atoms with Crippen LogP contribution in [0.1, 0.15) is 21.7 Å². The molecule has 0 atom stereocenters. The van der Waals surface area contributed by atoms with Crippen LogP contribution in [0.25, 0.3) is 0 Å². The molecule has 0 unspecified atom stereocenters. The largest absolute Gasteiger partial charge is 0.444 e. The Bertz CT molecular complexity index is 579. The quantitative estimate of drug-likeness (QED) is 0.856. The first-order valence-corrected chi connectivity index (χ1v) is 5.07. The van der Waals surface area contributed by atoms with E-state index in [2.05, 4.69) is 5.32 Å². The maximum atomic E-state index is 11.8. The second-order valence-corrected chi connectivity index (χ2v) is 3.53. The Morgan fingerprint density at radius 1 is 1.35 bits per heavy atom. The van der Waals surface area contributed by atoms with Crippen LogP contribution in [0, 0.1) is 18.3 Å². The van der Waals surface area contributed by atoms with Crippen LogP contribution in [0.2, 0.25) is 0 Å². The molecule has 0 bridgehead atoms. The third-order valence-corrected chi connectivity index (χ3v) is 2.24. The van der Waals surface area contributed by atoms with E-state index in [9.17, 15) is 4.79 Å². The minimum absolute atomic E-state index is 0.193. The fourth-order valence-electron chi connectivity index (χ4n) is 1.45. The summed E-state index contributed by atoms with van der Waals surface area (Å²) in [5.41, 5.74) is 0.845. The normalized spacial score (nSPS) is 9.65. The number of hydrogen-bond acceptors (Lipinski definition) is 3. The summed E-state index contributed by atoms with van der Waals surface area (Å²) in [6.45, 7) is 1.72. The van der Waals surface area contributed by atoms with Gasteiger partial charge in [0.1, 0.15) is 17.4 Å². The molecule has 0 saturated heterocycles.